The van der Waals surface area contributed by atoms with Gasteiger partial charge in [0.1, 0.15) is 0 Å². The molecule has 1 atom stereocenters. The fourth-order valence-electron chi connectivity index (χ4n) is 0.784. The molecule has 4 heteroatoms. The molecule has 0 spiro atoms. The third kappa shape index (κ3) is 6.97. The molecule has 0 aliphatic carbocycles. The van der Waals surface area contributed by atoms with Crippen LogP contribution in [0.3, 0.4) is 0 Å². The van der Waals surface area contributed by atoms with Crippen LogP contribution in [0.4, 0.5) is 0 Å². The Morgan fingerprint density at radius 2 is 2.21 bits per heavy atom. The largest absolute Gasteiger partial charge is 0.384 e. The van der Waals surface area contributed by atoms with E-state index in [1.165, 1.54) is 0 Å². The Hall–Kier alpha value is -0.480. The van der Waals surface area contributed by atoms with Crippen LogP contribution >= 0.6 is 0 Å². The van der Waals surface area contributed by atoms with Crippen molar-refractivity contribution in [1.29, 1.82) is 0 Å². The summed E-state index contributed by atoms with van der Waals surface area (Å²) in [6, 6.07) is 0. The number of hydrogen-bond acceptors (Lipinski definition) is 2. The first-order valence-electron chi connectivity index (χ1n) is 4.82. The van der Waals surface area contributed by atoms with Crippen molar-refractivity contribution in [2.45, 2.75) is 33.1 Å². The van der Waals surface area contributed by atoms with Gasteiger partial charge < -0.3 is 4.74 Å². The van der Waals surface area contributed by atoms with Crippen LogP contribution in [0.2, 0.25) is 0 Å². The van der Waals surface area contributed by atoms with Crippen LogP contribution in [0.5, 0.6) is 0 Å². The average molecular weight is 217 g/mol. The molecule has 0 rings (SSSR count). The molecule has 3 nitrogen and oxygen atoms in total. The molecule has 1 unspecified atom stereocenters. The van der Waals surface area contributed by atoms with Crippen molar-refractivity contribution in [2.24, 2.45) is 4.40 Å². The van der Waals surface area contributed by atoms with Crippen molar-refractivity contribution >= 4 is 17.2 Å². The van der Waals surface area contributed by atoms with Gasteiger partial charge in [-0.05, 0) is 19.8 Å². The maximum atomic E-state index is 11.4. The molecule has 0 fully saturated rings. The summed E-state index contributed by atoms with van der Waals surface area (Å²) >= 11 is 0. The summed E-state index contributed by atoms with van der Waals surface area (Å²) in [6.07, 6.45) is 6.34. The highest BCUT2D eigenvalue weighted by Crippen LogP contribution is 2.03. The predicted octanol–water partition coefficient (Wildman–Crippen LogP) is 2.46. The molecule has 0 saturated carbocycles. The molecule has 0 aromatic rings. The van der Waals surface area contributed by atoms with E-state index in [2.05, 4.69) is 11.3 Å². The molecule has 0 amide bonds. The van der Waals surface area contributed by atoms with Crippen LogP contribution in [-0.2, 0) is 15.7 Å². The van der Waals surface area contributed by atoms with E-state index in [1.54, 1.807) is 13.3 Å². The second-order valence-electron chi connectivity index (χ2n) is 2.92. The van der Waals surface area contributed by atoms with Crippen molar-refractivity contribution in [2.75, 3.05) is 13.7 Å². The molecule has 0 bridgehead atoms. The smallest absolute Gasteiger partial charge is 0.167 e. The lowest BCUT2D eigenvalue weighted by molar-refractivity contribution is 0.204. The van der Waals surface area contributed by atoms with Gasteiger partial charge in [-0.3, -0.25) is 0 Å². The lowest BCUT2D eigenvalue weighted by Gasteiger charge is -1.96. The first-order valence-corrected chi connectivity index (χ1v) is 5.93. The second kappa shape index (κ2) is 9.09. The Morgan fingerprint density at radius 3 is 2.79 bits per heavy atom. The first-order chi connectivity index (χ1) is 6.72. The molecule has 0 aliphatic rings. The lowest BCUT2D eigenvalue weighted by Crippen LogP contribution is -1.90. The highest BCUT2D eigenvalue weighted by atomic mass is 32.2. The lowest BCUT2D eigenvalue weighted by atomic mass is 10.4. The summed E-state index contributed by atoms with van der Waals surface area (Å²) in [5.74, 6) is 0. The molecule has 14 heavy (non-hydrogen) atoms. The molecule has 0 radical (unpaired) electrons. The quantitative estimate of drug-likeness (QED) is 0.485. The zero-order valence-electron chi connectivity index (χ0n) is 9.16. The zero-order chi connectivity index (χ0) is 10.8. The van der Waals surface area contributed by atoms with E-state index >= 15 is 0 Å². The molecule has 0 aromatic heterocycles. The number of rotatable bonds is 7. The summed E-state index contributed by atoms with van der Waals surface area (Å²) in [5, 5.41) is 0. The predicted molar refractivity (Wildman–Crippen MR) is 61.8 cm³/mol. The standard InChI is InChI=1S/C10H19NO2S/c1-4-5-8-11-14(12)10(2)7-6-9-13-3/h7-8H,4-6,9H2,1-3H3/b10-7+,11-8?. The number of ether oxygens (including phenoxy) is 1. The third-order valence-corrected chi connectivity index (χ3v) is 2.68. The van der Waals surface area contributed by atoms with E-state index in [1.807, 2.05) is 13.0 Å². The number of hydrogen-bond donors (Lipinski definition) is 0. The van der Waals surface area contributed by atoms with Crippen molar-refractivity contribution in [3.05, 3.63) is 11.0 Å². The summed E-state index contributed by atoms with van der Waals surface area (Å²) in [5.41, 5.74) is 0. The van der Waals surface area contributed by atoms with Crippen molar-refractivity contribution in [1.82, 2.24) is 0 Å². The maximum Gasteiger partial charge on any atom is 0.167 e. The fourth-order valence-corrected chi connectivity index (χ4v) is 1.45. The van der Waals surface area contributed by atoms with E-state index in [-0.39, 0.29) is 0 Å². The highest BCUT2D eigenvalue weighted by molar-refractivity contribution is 7.87. The van der Waals surface area contributed by atoms with Crippen molar-refractivity contribution < 1.29 is 8.95 Å². The molecule has 0 saturated heterocycles. The third-order valence-electron chi connectivity index (χ3n) is 1.62. The second-order valence-corrected chi connectivity index (χ2v) is 4.28. The molecule has 0 heterocycles. The van der Waals surface area contributed by atoms with Crippen LogP contribution in [0.1, 0.15) is 33.1 Å². The normalized spacial score (nSPS) is 14.9. The Balaban J connectivity index is 3.91. The van der Waals surface area contributed by atoms with Gasteiger partial charge in [-0.1, -0.05) is 19.4 Å². The Bertz CT molecular complexity index is 224. The van der Waals surface area contributed by atoms with Crippen LogP contribution in [0.25, 0.3) is 0 Å². The van der Waals surface area contributed by atoms with E-state index in [0.717, 1.165) is 24.2 Å². The summed E-state index contributed by atoms with van der Waals surface area (Å²) < 4.78 is 20.2. The molecule has 0 aromatic carbocycles. The van der Waals surface area contributed by atoms with Crippen LogP contribution in [-0.4, -0.2) is 24.1 Å². The van der Waals surface area contributed by atoms with E-state index < -0.39 is 11.0 Å². The van der Waals surface area contributed by atoms with E-state index in [4.69, 9.17) is 4.74 Å². The number of unbranched alkanes of at least 4 members (excludes halogenated alkanes) is 1. The van der Waals surface area contributed by atoms with Gasteiger partial charge >= 0.3 is 0 Å². The minimum Gasteiger partial charge on any atom is -0.384 e. The van der Waals surface area contributed by atoms with E-state index in [9.17, 15) is 4.21 Å². The zero-order valence-corrected chi connectivity index (χ0v) is 9.97. The summed E-state index contributed by atoms with van der Waals surface area (Å²) in [7, 11) is 0.458. The average Bonchev–Trinajstić information content (AvgIpc) is 2.18. The number of methoxy groups -OCH3 is 1. The van der Waals surface area contributed by atoms with Gasteiger partial charge in [0.05, 0.1) is 0 Å². The van der Waals surface area contributed by atoms with E-state index in [0.29, 0.717) is 6.61 Å². The van der Waals surface area contributed by atoms with Crippen LogP contribution < -0.4 is 0 Å². The Morgan fingerprint density at radius 1 is 1.50 bits per heavy atom. The van der Waals surface area contributed by atoms with Gasteiger partial charge in [0, 0.05) is 24.8 Å². The van der Waals surface area contributed by atoms with Crippen molar-refractivity contribution in [3.63, 3.8) is 0 Å². The Labute approximate surface area is 88.9 Å². The molecular weight excluding hydrogens is 198 g/mol. The van der Waals surface area contributed by atoms with Crippen molar-refractivity contribution in [3.8, 4) is 0 Å². The molecule has 0 N–H and O–H groups in total. The van der Waals surface area contributed by atoms with Gasteiger partial charge in [-0.25, -0.2) is 4.21 Å². The monoisotopic (exact) mass is 217 g/mol. The fraction of sp³-hybridized carbons (Fsp3) is 0.700. The first kappa shape index (κ1) is 13.5. The highest BCUT2D eigenvalue weighted by Gasteiger charge is 1.97. The van der Waals surface area contributed by atoms with Gasteiger partial charge in [0.25, 0.3) is 0 Å². The SMILES string of the molecule is CCCC=NS(=O)/C(C)=C/CCOC. The number of nitrogens with zero attached hydrogens (tertiary/aromatic N) is 1. The van der Waals surface area contributed by atoms with Gasteiger partial charge in [0.15, 0.2) is 11.0 Å². The topological polar surface area (TPSA) is 38.7 Å². The van der Waals surface area contributed by atoms with Gasteiger partial charge in [0.2, 0.25) is 0 Å². The van der Waals surface area contributed by atoms with Gasteiger partial charge in [-0.15, -0.1) is 0 Å². The molecule has 0 aliphatic heterocycles. The minimum atomic E-state index is -1.19. The molecular formula is C10H19NO2S. The van der Waals surface area contributed by atoms with Crippen LogP contribution in [0, 0.1) is 0 Å². The van der Waals surface area contributed by atoms with Gasteiger partial charge in [-0.2, -0.15) is 4.40 Å². The maximum absolute atomic E-state index is 11.4. The summed E-state index contributed by atoms with van der Waals surface area (Å²) in [6.45, 7) is 4.55. The Kier molecular flexibility index (Phi) is 8.78. The minimum absolute atomic E-state index is 0.660. The van der Waals surface area contributed by atoms with Crippen LogP contribution in [0.15, 0.2) is 15.4 Å². The summed E-state index contributed by atoms with van der Waals surface area (Å²) in [4.78, 5) is 0.800. The molecule has 82 valence electrons. The number of allylic oxidation sites excluding steroid dienone is 1.